The second-order valence-corrected chi connectivity index (χ2v) is 7.34. The molecule has 0 amide bonds. The van der Waals surface area contributed by atoms with Gasteiger partial charge in [-0.05, 0) is 25.7 Å². The number of rotatable bonds is 4. The van der Waals surface area contributed by atoms with Gasteiger partial charge in [0.25, 0.3) is 0 Å². The Morgan fingerprint density at radius 2 is 2.08 bits per heavy atom. The van der Waals surface area contributed by atoms with Crippen LogP contribution in [0.25, 0.3) is 0 Å². The fourth-order valence-electron chi connectivity index (χ4n) is 1.30. The van der Waals surface area contributed by atoms with E-state index in [0.717, 1.165) is 12.8 Å². The molecule has 0 aliphatic heterocycles. The monoisotopic (exact) mass is 226 g/mol. The smallest absolute Gasteiger partial charge is 0.171 e. The van der Waals surface area contributed by atoms with E-state index in [-0.39, 0.29) is 11.7 Å². The van der Waals surface area contributed by atoms with Crippen molar-refractivity contribution in [3.63, 3.8) is 0 Å². The number of aliphatic hydroxyl groups is 1. The molecule has 0 radical (unpaired) electrons. The van der Waals surface area contributed by atoms with Gasteiger partial charge in [-0.1, -0.05) is 18.5 Å². The zero-order valence-corrected chi connectivity index (χ0v) is 9.40. The van der Waals surface area contributed by atoms with Crippen LogP contribution in [0.15, 0.2) is 0 Å². The Morgan fingerprint density at radius 1 is 1.62 bits per heavy atom. The molecule has 0 saturated heterocycles. The first-order chi connectivity index (χ1) is 5.83. The molecule has 0 aromatic rings. The van der Waals surface area contributed by atoms with Crippen LogP contribution in [0.3, 0.4) is 0 Å². The maximum Gasteiger partial charge on any atom is 0.171 e. The van der Waals surface area contributed by atoms with Crippen LogP contribution in [0, 0.1) is 5.92 Å². The molecule has 2 unspecified atom stereocenters. The molecule has 1 aliphatic rings. The highest BCUT2D eigenvalue weighted by Gasteiger charge is 2.49. The average molecular weight is 227 g/mol. The summed E-state index contributed by atoms with van der Waals surface area (Å²) in [4.78, 5) is 0. The number of aliphatic hydroxyl groups excluding tert-OH is 1. The Balaban J connectivity index is 2.85. The third-order valence-electron chi connectivity index (χ3n) is 2.58. The van der Waals surface area contributed by atoms with E-state index in [0.29, 0.717) is 0 Å². The molecule has 0 spiro atoms. The predicted molar refractivity (Wildman–Crippen MR) is 52.4 cm³/mol. The van der Waals surface area contributed by atoms with Crippen molar-refractivity contribution in [2.75, 3.05) is 5.75 Å². The van der Waals surface area contributed by atoms with E-state index in [1.807, 2.05) is 0 Å². The summed E-state index contributed by atoms with van der Waals surface area (Å²) in [6.45, 7) is 2.92. The lowest BCUT2D eigenvalue weighted by Gasteiger charge is -2.27. The average Bonchev–Trinajstić information content (AvgIpc) is 2.85. The summed E-state index contributed by atoms with van der Waals surface area (Å²) in [6, 6.07) is 0. The van der Waals surface area contributed by atoms with Crippen molar-refractivity contribution in [2.24, 2.45) is 5.92 Å². The largest absolute Gasteiger partial charge is 0.390 e. The predicted octanol–water partition coefficient (Wildman–Crippen LogP) is 1.15. The summed E-state index contributed by atoms with van der Waals surface area (Å²) in [5, 5.41) is 9.67. The van der Waals surface area contributed by atoms with Gasteiger partial charge in [0, 0.05) is 5.75 Å². The van der Waals surface area contributed by atoms with Crippen LogP contribution in [-0.2, 0) is 9.84 Å². The van der Waals surface area contributed by atoms with Crippen LogP contribution in [0.4, 0.5) is 0 Å². The summed E-state index contributed by atoms with van der Waals surface area (Å²) >= 11 is 5.88. The number of halogens is 1. The first-order valence-electron chi connectivity index (χ1n) is 4.42. The van der Waals surface area contributed by atoms with Gasteiger partial charge < -0.3 is 5.11 Å². The Bertz CT molecular complexity index is 280. The number of hydrogen-bond donors (Lipinski definition) is 1. The molecule has 0 heterocycles. The van der Waals surface area contributed by atoms with Gasteiger partial charge in [-0.25, -0.2) is 8.42 Å². The van der Waals surface area contributed by atoms with Crippen molar-refractivity contribution in [1.82, 2.24) is 0 Å². The van der Waals surface area contributed by atoms with E-state index in [2.05, 4.69) is 0 Å². The minimum absolute atomic E-state index is 0.0310. The fourth-order valence-corrected chi connectivity index (χ4v) is 2.93. The van der Waals surface area contributed by atoms with Crippen LogP contribution in [-0.4, -0.2) is 29.6 Å². The van der Waals surface area contributed by atoms with Crippen LogP contribution < -0.4 is 0 Å². The molecule has 1 aliphatic carbocycles. The van der Waals surface area contributed by atoms with Crippen LogP contribution in [0.2, 0.25) is 0 Å². The van der Waals surface area contributed by atoms with Gasteiger partial charge >= 0.3 is 0 Å². The van der Waals surface area contributed by atoms with E-state index < -0.39 is 20.1 Å². The second kappa shape index (κ2) is 3.41. The van der Waals surface area contributed by atoms with E-state index in [1.165, 1.54) is 13.8 Å². The highest BCUT2D eigenvalue weighted by atomic mass is 35.5. The zero-order chi connectivity index (χ0) is 10.3. The summed E-state index contributed by atoms with van der Waals surface area (Å²) in [6.07, 6.45) is 0.824. The first-order valence-corrected chi connectivity index (χ1v) is 6.45. The zero-order valence-electron chi connectivity index (χ0n) is 7.83. The quantitative estimate of drug-likeness (QED) is 0.732. The van der Waals surface area contributed by atoms with Crippen LogP contribution in [0.5, 0.6) is 0 Å². The standard InChI is InChI=1S/C8H15ClO3S/c1-3-13(11,12)8(2,9)7(10)6-4-5-6/h6-7,10H,3-5H2,1-2H3. The van der Waals surface area contributed by atoms with Gasteiger partial charge in [0.2, 0.25) is 0 Å². The van der Waals surface area contributed by atoms with E-state index in [4.69, 9.17) is 11.6 Å². The van der Waals surface area contributed by atoms with E-state index in [9.17, 15) is 13.5 Å². The molecule has 1 rings (SSSR count). The highest BCUT2D eigenvalue weighted by molar-refractivity contribution is 7.94. The second-order valence-electron chi connectivity index (χ2n) is 3.67. The van der Waals surface area contributed by atoms with E-state index >= 15 is 0 Å². The molecule has 78 valence electrons. The third kappa shape index (κ3) is 2.00. The van der Waals surface area contributed by atoms with Gasteiger partial charge in [0.1, 0.15) is 0 Å². The molecule has 13 heavy (non-hydrogen) atoms. The van der Waals surface area contributed by atoms with Crippen molar-refractivity contribution in [3.05, 3.63) is 0 Å². The van der Waals surface area contributed by atoms with E-state index in [1.54, 1.807) is 0 Å². The molecule has 5 heteroatoms. The Hall–Kier alpha value is 0.200. The van der Waals surface area contributed by atoms with Gasteiger partial charge in [-0.15, -0.1) is 0 Å². The molecule has 1 N–H and O–H groups in total. The molecule has 3 nitrogen and oxygen atoms in total. The van der Waals surface area contributed by atoms with Crippen molar-refractivity contribution in [3.8, 4) is 0 Å². The molecule has 1 saturated carbocycles. The van der Waals surface area contributed by atoms with Gasteiger partial charge in [0.05, 0.1) is 6.10 Å². The van der Waals surface area contributed by atoms with Crippen molar-refractivity contribution < 1.29 is 13.5 Å². The van der Waals surface area contributed by atoms with Gasteiger partial charge in [-0.3, -0.25) is 0 Å². The van der Waals surface area contributed by atoms with Gasteiger partial charge in [0.15, 0.2) is 14.0 Å². The first kappa shape index (κ1) is 11.3. The Labute approximate surface area is 84.0 Å². The highest BCUT2D eigenvalue weighted by Crippen LogP contribution is 2.42. The molecular formula is C8H15ClO3S. The van der Waals surface area contributed by atoms with Crippen LogP contribution in [0.1, 0.15) is 26.7 Å². The Morgan fingerprint density at radius 3 is 2.38 bits per heavy atom. The van der Waals surface area contributed by atoms with Gasteiger partial charge in [-0.2, -0.15) is 0 Å². The lowest BCUT2D eigenvalue weighted by molar-refractivity contribution is 0.137. The summed E-state index contributed by atoms with van der Waals surface area (Å²) in [5.41, 5.74) is 0. The number of hydrogen-bond acceptors (Lipinski definition) is 3. The molecule has 0 aromatic heterocycles. The minimum Gasteiger partial charge on any atom is -0.390 e. The van der Waals surface area contributed by atoms with Crippen molar-refractivity contribution in [1.29, 1.82) is 0 Å². The topological polar surface area (TPSA) is 54.4 Å². The van der Waals surface area contributed by atoms with Crippen molar-refractivity contribution in [2.45, 2.75) is 37.0 Å². The molecule has 2 atom stereocenters. The SMILES string of the molecule is CCS(=O)(=O)C(C)(Cl)C(O)C1CC1. The maximum atomic E-state index is 11.5. The van der Waals surface area contributed by atoms with Crippen LogP contribution >= 0.6 is 11.6 Å². The minimum atomic E-state index is -3.39. The number of sulfone groups is 1. The summed E-state index contributed by atoms with van der Waals surface area (Å²) in [7, 11) is -3.39. The van der Waals surface area contributed by atoms with Crippen molar-refractivity contribution >= 4 is 21.4 Å². The summed E-state index contributed by atoms with van der Waals surface area (Å²) in [5.74, 6) is 0.0420. The fraction of sp³-hybridized carbons (Fsp3) is 1.00. The lowest BCUT2D eigenvalue weighted by atomic mass is 10.2. The third-order valence-corrected chi connectivity index (χ3v) is 5.73. The lowest BCUT2D eigenvalue weighted by Crippen LogP contribution is -2.43. The number of alkyl halides is 1. The normalized spacial score (nSPS) is 25.2. The molecule has 1 fully saturated rings. The molecule has 0 aromatic carbocycles. The maximum absolute atomic E-state index is 11.5. The Kier molecular flexibility index (Phi) is 2.95. The summed E-state index contributed by atoms with van der Waals surface area (Å²) < 4.78 is 21.5. The molecular weight excluding hydrogens is 212 g/mol. The molecule has 0 bridgehead atoms.